The number of halogens is 3. The van der Waals surface area contributed by atoms with Crippen molar-refractivity contribution in [1.82, 2.24) is 10.3 Å². The first-order chi connectivity index (χ1) is 10.1. The lowest BCUT2D eigenvalue weighted by Gasteiger charge is -2.01. The average molecular weight is 314 g/mol. The first kappa shape index (κ1) is 16.0. The lowest BCUT2D eigenvalue weighted by atomic mass is 10.2. The van der Waals surface area contributed by atoms with Gasteiger partial charge in [0.15, 0.2) is 17.5 Å². The summed E-state index contributed by atoms with van der Waals surface area (Å²) in [4.78, 5) is 5.46. The van der Waals surface area contributed by atoms with E-state index in [0.717, 1.165) is 42.1 Å². The highest BCUT2D eigenvalue weighted by atomic mass is 32.1. The Labute approximate surface area is 126 Å². The van der Waals surface area contributed by atoms with Crippen LogP contribution in [0.4, 0.5) is 13.2 Å². The molecule has 2 rings (SSSR count). The van der Waals surface area contributed by atoms with Crippen LogP contribution in [0.2, 0.25) is 0 Å². The molecule has 0 spiro atoms. The van der Waals surface area contributed by atoms with Gasteiger partial charge in [0, 0.05) is 17.0 Å². The van der Waals surface area contributed by atoms with Crippen molar-refractivity contribution in [3.63, 3.8) is 0 Å². The summed E-state index contributed by atoms with van der Waals surface area (Å²) in [5, 5.41) is 3.80. The van der Waals surface area contributed by atoms with Crippen molar-refractivity contribution in [3.05, 3.63) is 40.2 Å². The third kappa shape index (κ3) is 3.63. The fourth-order valence-electron chi connectivity index (χ4n) is 1.98. The average Bonchev–Trinajstić information content (AvgIpc) is 2.88. The van der Waals surface area contributed by atoms with E-state index in [9.17, 15) is 13.2 Å². The van der Waals surface area contributed by atoms with Gasteiger partial charge in [0.1, 0.15) is 5.01 Å². The van der Waals surface area contributed by atoms with Gasteiger partial charge in [-0.3, -0.25) is 0 Å². The molecule has 0 aliphatic carbocycles. The molecular formula is C15H17F3N2S. The van der Waals surface area contributed by atoms with Gasteiger partial charge in [0.05, 0.1) is 5.69 Å². The van der Waals surface area contributed by atoms with Gasteiger partial charge in [-0.1, -0.05) is 13.8 Å². The first-order valence-corrected chi connectivity index (χ1v) is 7.72. The molecule has 114 valence electrons. The SMILES string of the molecule is CCCNCc1sc(-c2cc(F)c(F)c(F)c2)nc1CC. The molecule has 1 heterocycles. The van der Waals surface area contributed by atoms with Gasteiger partial charge in [0.25, 0.3) is 0 Å². The molecule has 2 aromatic rings. The molecule has 0 aliphatic heterocycles. The molecule has 0 radical (unpaired) electrons. The van der Waals surface area contributed by atoms with E-state index < -0.39 is 17.5 Å². The maximum absolute atomic E-state index is 13.3. The number of rotatable bonds is 6. The number of thiazole rings is 1. The summed E-state index contributed by atoms with van der Waals surface area (Å²) < 4.78 is 39.6. The molecule has 21 heavy (non-hydrogen) atoms. The Morgan fingerprint density at radius 2 is 1.81 bits per heavy atom. The van der Waals surface area contributed by atoms with Crippen molar-refractivity contribution in [1.29, 1.82) is 0 Å². The standard InChI is InChI=1S/C15H17F3N2S/c1-3-5-19-8-13-12(4-2)20-15(21-13)9-6-10(16)14(18)11(17)7-9/h6-7,19H,3-5,8H2,1-2H3. The number of benzene rings is 1. The zero-order chi connectivity index (χ0) is 15.4. The van der Waals surface area contributed by atoms with E-state index in [1.54, 1.807) is 0 Å². The van der Waals surface area contributed by atoms with Crippen LogP contribution in [0.1, 0.15) is 30.8 Å². The quantitative estimate of drug-likeness (QED) is 0.635. The second kappa shape index (κ2) is 7.04. The van der Waals surface area contributed by atoms with Gasteiger partial charge in [-0.25, -0.2) is 18.2 Å². The van der Waals surface area contributed by atoms with Gasteiger partial charge in [-0.15, -0.1) is 11.3 Å². The molecule has 6 heteroatoms. The lowest BCUT2D eigenvalue weighted by molar-refractivity contribution is 0.447. The minimum atomic E-state index is -1.45. The number of nitrogens with one attached hydrogen (secondary N) is 1. The summed E-state index contributed by atoms with van der Waals surface area (Å²) in [6.07, 6.45) is 1.77. The number of aryl methyl sites for hydroxylation is 1. The molecule has 1 aromatic carbocycles. The van der Waals surface area contributed by atoms with Crippen LogP contribution in [0, 0.1) is 17.5 Å². The van der Waals surface area contributed by atoms with Crippen molar-refractivity contribution in [2.24, 2.45) is 0 Å². The summed E-state index contributed by atoms with van der Waals surface area (Å²) >= 11 is 1.38. The van der Waals surface area contributed by atoms with Crippen molar-refractivity contribution in [3.8, 4) is 10.6 Å². The summed E-state index contributed by atoms with van der Waals surface area (Å²) in [6.45, 7) is 5.64. The molecule has 0 fully saturated rings. The molecule has 0 aliphatic rings. The Balaban J connectivity index is 2.32. The smallest absolute Gasteiger partial charge is 0.194 e. The molecule has 0 bridgehead atoms. The highest BCUT2D eigenvalue weighted by Crippen LogP contribution is 2.30. The summed E-state index contributed by atoms with van der Waals surface area (Å²) in [5.41, 5.74) is 1.18. The lowest BCUT2D eigenvalue weighted by Crippen LogP contribution is -2.13. The molecule has 0 saturated heterocycles. The zero-order valence-electron chi connectivity index (χ0n) is 12.0. The Morgan fingerprint density at radius 3 is 2.38 bits per heavy atom. The molecule has 0 atom stereocenters. The van der Waals surface area contributed by atoms with Crippen LogP contribution in [0.3, 0.4) is 0 Å². The number of nitrogens with zero attached hydrogens (tertiary/aromatic N) is 1. The Kier molecular flexibility index (Phi) is 5.36. The maximum Gasteiger partial charge on any atom is 0.194 e. The molecule has 2 nitrogen and oxygen atoms in total. The predicted octanol–water partition coefficient (Wildman–Crippen LogP) is 4.29. The van der Waals surface area contributed by atoms with E-state index in [1.807, 2.05) is 6.92 Å². The largest absolute Gasteiger partial charge is 0.312 e. The van der Waals surface area contributed by atoms with Crippen LogP contribution >= 0.6 is 11.3 Å². The van der Waals surface area contributed by atoms with Crippen LogP contribution in [0.15, 0.2) is 12.1 Å². The van der Waals surface area contributed by atoms with E-state index >= 15 is 0 Å². The van der Waals surface area contributed by atoms with Crippen LogP contribution in [0.5, 0.6) is 0 Å². The molecule has 0 amide bonds. The van der Waals surface area contributed by atoms with Gasteiger partial charge < -0.3 is 5.32 Å². The van der Waals surface area contributed by atoms with Crippen molar-refractivity contribution < 1.29 is 13.2 Å². The fraction of sp³-hybridized carbons (Fsp3) is 0.400. The maximum atomic E-state index is 13.3. The molecule has 0 saturated carbocycles. The summed E-state index contributed by atoms with van der Waals surface area (Å²) in [6, 6.07) is 1.97. The predicted molar refractivity (Wildman–Crippen MR) is 78.8 cm³/mol. The molecule has 1 aromatic heterocycles. The van der Waals surface area contributed by atoms with Crippen molar-refractivity contribution in [2.45, 2.75) is 33.2 Å². The third-order valence-corrected chi connectivity index (χ3v) is 4.20. The van der Waals surface area contributed by atoms with Gasteiger partial charge in [0.2, 0.25) is 0 Å². The van der Waals surface area contributed by atoms with Gasteiger partial charge in [-0.2, -0.15) is 0 Å². The van der Waals surface area contributed by atoms with E-state index in [1.165, 1.54) is 11.3 Å². The van der Waals surface area contributed by atoms with E-state index in [4.69, 9.17) is 0 Å². The summed E-state index contributed by atoms with van der Waals surface area (Å²) in [7, 11) is 0. The molecular weight excluding hydrogens is 297 g/mol. The zero-order valence-corrected chi connectivity index (χ0v) is 12.8. The highest BCUT2D eigenvalue weighted by Gasteiger charge is 2.16. The third-order valence-electron chi connectivity index (χ3n) is 3.06. The number of hydrogen-bond donors (Lipinski definition) is 1. The molecule has 1 N–H and O–H groups in total. The van der Waals surface area contributed by atoms with E-state index in [0.29, 0.717) is 11.6 Å². The monoisotopic (exact) mass is 314 g/mol. The van der Waals surface area contributed by atoms with Crippen LogP contribution in [-0.4, -0.2) is 11.5 Å². The minimum Gasteiger partial charge on any atom is -0.312 e. The number of aromatic nitrogens is 1. The van der Waals surface area contributed by atoms with Crippen LogP contribution in [-0.2, 0) is 13.0 Å². The van der Waals surface area contributed by atoms with Crippen molar-refractivity contribution in [2.75, 3.05) is 6.54 Å². The molecule has 0 unspecified atom stereocenters. The minimum absolute atomic E-state index is 0.271. The van der Waals surface area contributed by atoms with Crippen molar-refractivity contribution >= 4 is 11.3 Å². The van der Waals surface area contributed by atoms with E-state index in [2.05, 4.69) is 17.2 Å². The Morgan fingerprint density at radius 1 is 1.14 bits per heavy atom. The Hall–Kier alpha value is -1.40. The topological polar surface area (TPSA) is 24.9 Å². The number of hydrogen-bond acceptors (Lipinski definition) is 3. The van der Waals surface area contributed by atoms with Crippen LogP contribution < -0.4 is 5.32 Å². The van der Waals surface area contributed by atoms with E-state index in [-0.39, 0.29) is 5.56 Å². The van der Waals surface area contributed by atoms with Crippen LogP contribution in [0.25, 0.3) is 10.6 Å². The second-order valence-corrected chi connectivity index (χ2v) is 5.76. The second-order valence-electron chi connectivity index (χ2n) is 4.67. The Bertz CT molecular complexity index is 602. The normalized spacial score (nSPS) is 11.1. The summed E-state index contributed by atoms with van der Waals surface area (Å²) in [5.74, 6) is -3.83. The highest BCUT2D eigenvalue weighted by molar-refractivity contribution is 7.15. The van der Waals surface area contributed by atoms with Gasteiger partial charge in [-0.05, 0) is 31.5 Å². The van der Waals surface area contributed by atoms with Gasteiger partial charge >= 0.3 is 0 Å². The first-order valence-electron chi connectivity index (χ1n) is 6.91. The fourth-order valence-corrected chi connectivity index (χ4v) is 3.09.